The molecule has 0 N–H and O–H groups in total. The maximum atomic E-state index is 10.7. The van der Waals surface area contributed by atoms with Crippen molar-refractivity contribution in [2.24, 2.45) is 5.92 Å². The van der Waals surface area contributed by atoms with Crippen LogP contribution in [0.2, 0.25) is 0 Å². The lowest BCUT2D eigenvalue weighted by molar-refractivity contribution is 0.112. The Hall–Kier alpha value is -1.68. The molecule has 1 saturated heterocycles. The van der Waals surface area contributed by atoms with Crippen molar-refractivity contribution in [3.63, 3.8) is 0 Å². The first-order chi connectivity index (χ1) is 8.36. The lowest BCUT2D eigenvalue weighted by Crippen LogP contribution is -2.07. The monoisotopic (exact) mass is 230 g/mol. The van der Waals surface area contributed by atoms with Gasteiger partial charge in [-0.2, -0.15) is 0 Å². The van der Waals surface area contributed by atoms with Crippen LogP contribution in [0.5, 0.6) is 0 Å². The molecule has 1 fully saturated rings. The van der Waals surface area contributed by atoms with Gasteiger partial charge in [0.1, 0.15) is 12.1 Å². The summed E-state index contributed by atoms with van der Waals surface area (Å²) >= 11 is 0. The average Bonchev–Trinajstić information content (AvgIpc) is 2.99. The van der Waals surface area contributed by atoms with Gasteiger partial charge in [0.05, 0.1) is 11.7 Å². The largest absolute Gasteiger partial charge is 0.381 e. The molecule has 2 aromatic heterocycles. The van der Waals surface area contributed by atoms with Crippen LogP contribution in [0.1, 0.15) is 22.6 Å². The number of hydrogen-bond acceptors (Lipinski definition) is 3. The molecule has 2 aromatic rings. The lowest BCUT2D eigenvalue weighted by Gasteiger charge is -2.06. The number of rotatable bonds is 3. The van der Waals surface area contributed by atoms with Crippen LogP contribution >= 0.6 is 0 Å². The van der Waals surface area contributed by atoms with Crippen LogP contribution in [-0.2, 0) is 11.2 Å². The number of aldehydes is 1. The van der Waals surface area contributed by atoms with E-state index in [2.05, 4.69) is 4.98 Å². The van der Waals surface area contributed by atoms with Crippen LogP contribution in [0, 0.1) is 5.92 Å². The van der Waals surface area contributed by atoms with Gasteiger partial charge in [-0.3, -0.25) is 4.79 Å². The highest BCUT2D eigenvalue weighted by molar-refractivity contribution is 5.77. The van der Waals surface area contributed by atoms with Crippen LogP contribution < -0.4 is 0 Å². The number of ether oxygens (including phenoxy) is 1. The van der Waals surface area contributed by atoms with Gasteiger partial charge in [0.15, 0.2) is 0 Å². The molecule has 1 atom stereocenters. The Morgan fingerprint density at radius 1 is 1.59 bits per heavy atom. The highest BCUT2D eigenvalue weighted by Crippen LogP contribution is 2.18. The molecule has 3 heterocycles. The van der Waals surface area contributed by atoms with E-state index in [1.807, 2.05) is 28.9 Å². The summed E-state index contributed by atoms with van der Waals surface area (Å²) in [5, 5.41) is 0. The molecule has 1 unspecified atom stereocenters. The van der Waals surface area contributed by atoms with Crippen LogP contribution in [-0.4, -0.2) is 28.9 Å². The van der Waals surface area contributed by atoms with E-state index in [9.17, 15) is 4.79 Å². The number of pyridine rings is 1. The Kier molecular flexibility index (Phi) is 2.65. The SMILES string of the molecule is O=Cc1ccn2c(CC3CCOC3)ncc2c1. The molecule has 88 valence electrons. The smallest absolute Gasteiger partial charge is 0.150 e. The van der Waals surface area contributed by atoms with E-state index in [0.717, 1.165) is 43.7 Å². The Bertz CT molecular complexity index is 541. The molecule has 1 aliphatic rings. The standard InChI is InChI=1S/C13H14N2O2/c16-8-10-1-3-15-12(5-10)7-14-13(15)6-11-2-4-17-9-11/h1,3,5,7-8,11H,2,4,6,9H2. The quantitative estimate of drug-likeness (QED) is 0.754. The third-order valence-corrected chi connectivity index (χ3v) is 3.26. The van der Waals surface area contributed by atoms with Crippen LogP contribution in [0.4, 0.5) is 0 Å². The molecular formula is C13H14N2O2. The number of hydrogen-bond donors (Lipinski definition) is 0. The lowest BCUT2D eigenvalue weighted by atomic mass is 10.1. The Balaban J connectivity index is 1.91. The molecule has 0 radical (unpaired) electrons. The third-order valence-electron chi connectivity index (χ3n) is 3.26. The normalized spacial score (nSPS) is 19.9. The maximum Gasteiger partial charge on any atom is 0.150 e. The zero-order valence-electron chi connectivity index (χ0n) is 9.50. The van der Waals surface area contributed by atoms with E-state index in [-0.39, 0.29) is 0 Å². The second kappa shape index (κ2) is 4.30. The van der Waals surface area contributed by atoms with E-state index in [0.29, 0.717) is 11.5 Å². The summed E-state index contributed by atoms with van der Waals surface area (Å²) < 4.78 is 7.42. The van der Waals surface area contributed by atoms with Crippen molar-refractivity contribution in [3.8, 4) is 0 Å². The number of aromatic nitrogens is 2. The molecule has 4 heteroatoms. The van der Waals surface area contributed by atoms with Gasteiger partial charge in [0.25, 0.3) is 0 Å². The summed E-state index contributed by atoms with van der Waals surface area (Å²) in [7, 11) is 0. The molecule has 0 aromatic carbocycles. The summed E-state index contributed by atoms with van der Waals surface area (Å²) in [6, 6.07) is 3.67. The molecule has 17 heavy (non-hydrogen) atoms. The molecule has 0 aliphatic carbocycles. The van der Waals surface area contributed by atoms with Gasteiger partial charge in [-0.1, -0.05) is 0 Å². The van der Waals surface area contributed by atoms with Gasteiger partial charge >= 0.3 is 0 Å². The summed E-state index contributed by atoms with van der Waals surface area (Å²) in [6.07, 6.45) is 6.64. The molecule has 0 bridgehead atoms. The first kappa shape index (κ1) is 10.5. The van der Waals surface area contributed by atoms with Gasteiger partial charge in [-0.15, -0.1) is 0 Å². The van der Waals surface area contributed by atoms with Gasteiger partial charge in [0, 0.05) is 31.4 Å². The minimum absolute atomic E-state index is 0.575. The molecule has 0 spiro atoms. The van der Waals surface area contributed by atoms with Crippen molar-refractivity contribution in [2.75, 3.05) is 13.2 Å². The summed E-state index contributed by atoms with van der Waals surface area (Å²) in [5.41, 5.74) is 1.66. The molecule has 1 aliphatic heterocycles. The number of carbonyl (C=O) groups excluding carboxylic acids is 1. The number of fused-ring (bicyclic) bond motifs is 1. The Morgan fingerprint density at radius 2 is 2.53 bits per heavy atom. The molecule has 3 rings (SSSR count). The van der Waals surface area contributed by atoms with Crippen LogP contribution in [0.15, 0.2) is 24.5 Å². The molecule has 0 amide bonds. The van der Waals surface area contributed by atoms with E-state index in [4.69, 9.17) is 4.74 Å². The molecule has 4 nitrogen and oxygen atoms in total. The fraction of sp³-hybridized carbons (Fsp3) is 0.385. The first-order valence-electron chi connectivity index (χ1n) is 5.86. The number of nitrogens with zero attached hydrogens (tertiary/aromatic N) is 2. The fourth-order valence-corrected chi connectivity index (χ4v) is 2.30. The second-order valence-electron chi connectivity index (χ2n) is 4.48. The minimum atomic E-state index is 0.575. The van der Waals surface area contributed by atoms with Crippen LogP contribution in [0.3, 0.4) is 0 Å². The van der Waals surface area contributed by atoms with Gasteiger partial charge in [0.2, 0.25) is 0 Å². The van der Waals surface area contributed by atoms with E-state index < -0.39 is 0 Å². The van der Waals surface area contributed by atoms with Crippen molar-refractivity contribution < 1.29 is 9.53 Å². The van der Waals surface area contributed by atoms with Gasteiger partial charge in [-0.05, 0) is 24.5 Å². The zero-order valence-corrected chi connectivity index (χ0v) is 9.50. The van der Waals surface area contributed by atoms with Crippen LogP contribution in [0.25, 0.3) is 5.52 Å². The second-order valence-corrected chi connectivity index (χ2v) is 4.48. The van der Waals surface area contributed by atoms with Crippen molar-refractivity contribution in [1.29, 1.82) is 0 Å². The summed E-state index contributed by atoms with van der Waals surface area (Å²) in [6.45, 7) is 1.70. The predicted octanol–water partition coefficient (Wildman–Crippen LogP) is 1.73. The highest BCUT2D eigenvalue weighted by Gasteiger charge is 2.18. The Morgan fingerprint density at radius 3 is 3.29 bits per heavy atom. The van der Waals surface area contributed by atoms with Gasteiger partial charge < -0.3 is 9.14 Å². The fourth-order valence-electron chi connectivity index (χ4n) is 2.30. The van der Waals surface area contributed by atoms with Crippen molar-refractivity contribution in [3.05, 3.63) is 35.9 Å². The summed E-state index contributed by atoms with van der Waals surface area (Å²) in [5.74, 6) is 1.62. The molecule has 0 saturated carbocycles. The number of carbonyl (C=O) groups is 1. The third kappa shape index (κ3) is 1.96. The van der Waals surface area contributed by atoms with Crippen molar-refractivity contribution in [1.82, 2.24) is 9.38 Å². The maximum absolute atomic E-state index is 10.7. The van der Waals surface area contributed by atoms with Gasteiger partial charge in [-0.25, -0.2) is 4.98 Å². The van der Waals surface area contributed by atoms with Crippen molar-refractivity contribution >= 4 is 11.8 Å². The van der Waals surface area contributed by atoms with E-state index >= 15 is 0 Å². The first-order valence-corrected chi connectivity index (χ1v) is 5.86. The zero-order chi connectivity index (χ0) is 11.7. The summed E-state index contributed by atoms with van der Waals surface area (Å²) in [4.78, 5) is 15.1. The topological polar surface area (TPSA) is 43.6 Å². The molecular weight excluding hydrogens is 216 g/mol. The van der Waals surface area contributed by atoms with Crippen molar-refractivity contribution in [2.45, 2.75) is 12.8 Å². The van der Waals surface area contributed by atoms with E-state index in [1.54, 1.807) is 0 Å². The Labute approximate surface area is 99.2 Å². The van der Waals surface area contributed by atoms with E-state index in [1.165, 1.54) is 0 Å². The number of imidazole rings is 1. The highest BCUT2D eigenvalue weighted by atomic mass is 16.5. The predicted molar refractivity (Wildman–Crippen MR) is 63.2 cm³/mol. The minimum Gasteiger partial charge on any atom is -0.381 e. The average molecular weight is 230 g/mol.